The molecule has 2 amide bonds. The van der Waals surface area contributed by atoms with E-state index < -0.39 is 31.1 Å². The minimum Gasteiger partial charge on any atom is -0.377 e. The van der Waals surface area contributed by atoms with E-state index in [0.29, 0.717) is 41.3 Å². The highest BCUT2D eigenvalue weighted by molar-refractivity contribution is 5.93. The van der Waals surface area contributed by atoms with Gasteiger partial charge in [0.25, 0.3) is 23.5 Å². The van der Waals surface area contributed by atoms with Crippen LogP contribution in [0.4, 0.5) is 8.78 Å². The van der Waals surface area contributed by atoms with E-state index in [2.05, 4.69) is 20.7 Å². The molecule has 0 radical (unpaired) electrons. The van der Waals surface area contributed by atoms with Gasteiger partial charge in [-0.3, -0.25) is 9.59 Å². The quantitative estimate of drug-likeness (QED) is 0.417. The van der Waals surface area contributed by atoms with Crippen LogP contribution in [0.25, 0.3) is 5.78 Å². The van der Waals surface area contributed by atoms with Gasteiger partial charge in [-0.05, 0) is 61.9 Å². The lowest BCUT2D eigenvalue weighted by atomic mass is 9.87. The number of nitrogens with zero attached hydrogens (tertiary/aromatic N) is 7. The zero-order valence-electron chi connectivity index (χ0n) is 23.1. The Morgan fingerprint density at radius 3 is 2.57 bits per heavy atom. The Hall–Kier alpha value is -3.59. The molecule has 7 rings (SSSR count). The van der Waals surface area contributed by atoms with Crippen LogP contribution in [0.2, 0.25) is 0 Å². The van der Waals surface area contributed by atoms with Crippen LogP contribution in [-0.4, -0.2) is 85.0 Å². The number of carbonyl (C=O) groups is 2. The SMILES string of the molecule is Cc1nonc1C(=O)NC(c1cn2ncc(C3COCCN3C(=O)C3CCC(F)(F)CO3)nc2n1)C(C1CC1)C1CC1. The Labute approximate surface area is 239 Å². The summed E-state index contributed by atoms with van der Waals surface area (Å²) in [6.45, 7) is 1.68. The molecule has 0 aromatic carbocycles. The predicted molar refractivity (Wildman–Crippen MR) is 138 cm³/mol. The maximum Gasteiger partial charge on any atom is 0.276 e. The Kier molecular flexibility index (Phi) is 6.88. The number of aryl methyl sites for hydroxylation is 1. The number of fused-ring (bicyclic) bond motifs is 1. The van der Waals surface area contributed by atoms with Gasteiger partial charge < -0.3 is 19.7 Å². The molecule has 3 aromatic heterocycles. The molecule has 224 valence electrons. The maximum atomic E-state index is 13.6. The Balaban J connectivity index is 1.16. The fourth-order valence-corrected chi connectivity index (χ4v) is 6.23. The second-order valence-electron chi connectivity index (χ2n) is 11.8. The summed E-state index contributed by atoms with van der Waals surface area (Å²) < 4.78 is 44.4. The number of halogens is 2. The third-order valence-corrected chi connectivity index (χ3v) is 8.72. The van der Waals surface area contributed by atoms with Crippen molar-refractivity contribution in [3.05, 3.63) is 35.2 Å². The Bertz CT molecular complexity index is 1470. The van der Waals surface area contributed by atoms with Crippen LogP contribution in [0.3, 0.4) is 0 Å². The van der Waals surface area contributed by atoms with Crippen molar-refractivity contribution in [2.24, 2.45) is 17.8 Å². The molecular weight excluding hydrogens is 554 g/mol. The van der Waals surface area contributed by atoms with Crippen LogP contribution in [-0.2, 0) is 14.3 Å². The highest BCUT2D eigenvalue weighted by Crippen LogP contribution is 2.54. The number of hydrogen-bond acceptors (Lipinski definition) is 10. The first-order chi connectivity index (χ1) is 20.3. The van der Waals surface area contributed by atoms with Gasteiger partial charge in [0.05, 0.1) is 49.1 Å². The number of aromatic nitrogens is 6. The molecule has 2 aliphatic carbocycles. The molecule has 5 heterocycles. The third kappa shape index (κ3) is 5.35. The van der Waals surface area contributed by atoms with Crippen molar-refractivity contribution in [3.8, 4) is 0 Å². The number of hydrogen-bond donors (Lipinski definition) is 1. The van der Waals surface area contributed by atoms with Gasteiger partial charge in [0.15, 0.2) is 5.69 Å². The van der Waals surface area contributed by atoms with E-state index in [0.717, 1.165) is 25.7 Å². The number of morpholine rings is 1. The van der Waals surface area contributed by atoms with E-state index >= 15 is 0 Å². The van der Waals surface area contributed by atoms with Gasteiger partial charge >= 0.3 is 0 Å². The highest BCUT2D eigenvalue weighted by atomic mass is 19.3. The van der Waals surface area contributed by atoms with E-state index in [1.165, 1.54) is 0 Å². The summed E-state index contributed by atoms with van der Waals surface area (Å²) in [5.74, 6) is -2.11. The number of ether oxygens (including phenoxy) is 2. The first-order valence-corrected chi connectivity index (χ1v) is 14.5. The molecule has 4 fully saturated rings. The first kappa shape index (κ1) is 27.3. The zero-order valence-corrected chi connectivity index (χ0v) is 23.1. The Morgan fingerprint density at radius 2 is 1.90 bits per heavy atom. The van der Waals surface area contributed by atoms with Crippen molar-refractivity contribution in [2.45, 2.75) is 69.6 Å². The average Bonchev–Trinajstić information content (AvgIpc) is 3.92. The number of imidazole rings is 1. The topological polar surface area (TPSA) is 150 Å². The zero-order chi connectivity index (χ0) is 29.0. The van der Waals surface area contributed by atoms with Crippen molar-refractivity contribution in [1.29, 1.82) is 0 Å². The van der Waals surface area contributed by atoms with Crippen molar-refractivity contribution >= 4 is 17.6 Å². The fraction of sp³-hybridized carbons (Fsp3) is 0.667. The number of carbonyl (C=O) groups excluding carboxylic acids is 2. The molecule has 0 spiro atoms. The predicted octanol–water partition coefficient (Wildman–Crippen LogP) is 2.44. The van der Waals surface area contributed by atoms with Gasteiger partial charge in [0.1, 0.15) is 18.4 Å². The number of rotatable bonds is 8. The molecule has 42 heavy (non-hydrogen) atoms. The molecule has 3 unspecified atom stereocenters. The van der Waals surface area contributed by atoms with Gasteiger partial charge in [-0.1, -0.05) is 5.16 Å². The number of nitrogens with one attached hydrogen (secondary N) is 1. The molecule has 2 saturated heterocycles. The second kappa shape index (κ2) is 10.6. The van der Waals surface area contributed by atoms with Crippen LogP contribution in [0.5, 0.6) is 0 Å². The standard InChI is InChI=1S/C27H32F2N8O5/c1-14-22(35-42-34-14)24(38)33-23(21(15-2-3-15)16-4-5-16)18-11-37-26(32-18)31-17(10-30-37)19-12-40-9-8-36(19)25(39)20-6-7-27(28,29)13-41-20/h10-11,15-16,19-21,23H,2-9,12-13H2,1H3,(H,33,38). The molecule has 3 aromatic rings. The lowest BCUT2D eigenvalue weighted by molar-refractivity contribution is -0.176. The molecule has 13 nitrogen and oxygen atoms in total. The van der Waals surface area contributed by atoms with Gasteiger partial charge in [0, 0.05) is 13.0 Å². The van der Waals surface area contributed by atoms with Crippen molar-refractivity contribution in [2.75, 3.05) is 26.4 Å². The maximum absolute atomic E-state index is 13.6. The number of alkyl halides is 2. The summed E-state index contributed by atoms with van der Waals surface area (Å²) in [7, 11) is 0. The normalized spacial score (nSPS) is 25.1. The lowest BCUT2D eigenvalue weighted by Crippen LogP contribution is -2.50. The summed E-state index contributed by atoms with van der Waals surface area (Å²) in [5.41, 5.74) is 1.66. The molecule has 3 atom stereocenters. The molecular formula is C27H32F2N8O5. The van der Waals surface area contributed by atoms with Crippen LogP contribution in [0.15, 0.2) is 17.0 Å². The largest absolute Gasteiger partial charge is 0.377 e. The molecule has 2 aliphatic heterocycles. The van der Waals surface area contributed by atoms with Crippen LogP contribution in [0, 0.1) is 24.7 Å². The Morgan fingerprint density at radius 1 is 1.12 bits per heavy atom. The van der Waals surface area contributed by atoms with Gasteiger partial charge in [-0.15, -0.1) is 0 Å². The smallest absolute Gasteiger partial charge is 0.276 e. The van der Waals surface area contributed by atoms with Gasteiger partial charge in [-0.2, -0.15) is 5.10 Å². The molecule has 1 N–H and O–H groups in total. The first-order valence-electron chi connectivity index (χ1n) is 14.5. The van der Waals surface area contributed by atoms with E-state index in [9.17, 15) is 18.4 Å². The minimum absolute atomic E-state index is 0.0512. The van der Waals surface area contributed by atoms with E-state index in [1.54, 1.807) is 28.7 Å². The van der Waals surface area contributed by atoms with Gasteiger partial charge in [-0.25, -0.2) is 27.9 Å². The molecule has 2 saturated carbocycles. The van der Waals surface area contributed by atoms with Crippen molar-refractivity contribution in [1.82, 2.24) is 40.1 Å². The third-order valence-electron chi connectivity index (χ3n) is 8.72. The van der Waals surface area contributed by atoms with Crippen LogP contribution >= 0.6 is 0 Å². The summed E-state index contributed by atoms with van der Waals surface area (Å²) in [6, 6.07) is -0.947. The van der Waals surface area contributed by atoms with Crippen molar-refractivity contribution < 1.29 is 32.5 Å². The molecule has 4 aliphatic rings. The van der Waals surface area contributed by atoms with Gasteiger partial charge in [0.2, 0.25) is 0 Å². The second-order valence-corrected chi connectivity index (χ2v) is 11.8. The van der Waals surface area contributed by atoms with E-state index in [-0.39, 0.29) is 49.0 Å². The van der Waals surface area contributed by atoms with E-state index in [4.69, 9.17) is 24.1 Å². The minimum atomic E-state index is -2.92. The fourth-order valence-electron chi connectivity index (χ4n) is 6.23. The van der Waals surface area contributed by atoms with Crippen LogP contribution < -0.4 is 5.32 Å². The van der Waals surface area contributed by atoms with Crippen molar-refractivity contribution in [3.63, 3.8) is 0 Å². The van der Waals surface area contributed by atoms with E-state index in [1.807, 2.05) is 0 Å². The molecule has 15 heteroatoms. The average molecular weight is 587 g/mol. The summed E-state index contributed by atoms with van der Waals surface area (Å²) in [5, 5.41) is 15.2. The van der Waals surface area contributed by atoms with Crippen LogP contribution in [0.1, 0.15) is 78.2 Å². The highest BCUT2D eigenvalue weighted by Gasteiger charge is 2.47. The number of amides is 2. The lowest BCUT2D eigenvalue weighted by Gasteiger charge is -2.38. The summed E-state index contributed by atoms with van der Waals surface area (Å²) >= 11 is 0. The molecule has 0 bridgehead atoms. The summed E-state index contributed by atoms with van der Waals surface area (Å²) in [4.78, 5) is 37.6. The monoisotopic (exact) mass is 586 g/mol. The summed E-state index contributed by atoms with van der Waals surface area (Å²) in [6.07, 6.45) is 6.40.